The van der Waals surface area contributed by atoms with Gasteiger partial charge in [0.15, 0.2) is 0 Å². The number of nitrogens with one attached hydrogen (secondary N) is 1. The summed E-state index contributed by atoms with van der Waals surface area (Å²) < 4.78 is 1.75. The zero-order valence-electron chi connectivity index (χ0n) is 18.5. The maximum Gasteiger partial charge on any atom is 0.255 e. The highest BCUT2D eigenvalue weighted by Crippen LogP contribution is 2.23. The first-order valence-electron chi connectivity index (χ1n) is 11.4. The number of nitrogens with zero attached hydrogens (tertiary/aromatic N) is 4. The van der Waals surface area contributed by atoms with Crippen LogP contribution >= 0.6 is 0 Å². The van der Waals surface area contributed by atoms with Crippen LogP contribution in [0, 0.1) is 0 Å². The van der Waals surface area contributed by atoms with Crippen molar-refractivity contribution in [3.63, 3.8) is 0 Å². The van der Waals surface area contributed by atoms with E-state index in [1.807, 2.05) is 48.5 Å². The lowest BCUT2D eigenvalue weighted by molar-refractivity contribution is 0.0951. The lowest BCUT2D eigenvalue weighted by atomic mass is 10.1. The van der Waals surface area contributed by atoms with Crippen LogP contribution in [0.1, 0.15) is 34.3 Å². The Morgan fingerprint density at radius 3 is 2.42 bits per heavy atom. The van der Waals surface area contributed by atoms with Crippen LogP contribution in [0.25, 0.3) is 16.9 Å². The minimum Gasteiger partial charge on any atom is -0.348 e. The highest BCUT2D eigenvalue weighted by Gasteiger charge is 2.19. The number of para-hydroxylation sites is 1. The molecule has 1 aliphatic rings. The van der Waals surface area contributed by atoms with Gasteiger partial charge in [-0.2, -0.15) is 5.10 Å². The quantitative estimate of drug-likeness (QED) is 0.464. The van der Waals surface area contributed by atoms with Crippen molar-refractivity contribution < 1.29 is 4.79 Å². The third-order valence-electron chi connectivity index (χ3n) is 6.06. The lowest BCUT2D eigenvalue weighted by Crippen LogP contribution is -2.25. The van der Waals surface area contributed by atoms with Crippen molar-refractivity contribution >= 4 is 5.91 Å². The van der Waals surface area contributed by atoms with Crippen LogP contribution in [-0.2, 0) is 13.1 Å². The van der Waals surface area contributed by atoms with Gasteiger partial charge in [-0.05, 0) is 61.3 Å². The second kappa shape index (κ2) is 9.79. The largest absolute Gasteiger partial charge is 0.348 e. The third-order valence-corrected chi connectivity index (χ3v) is 6.06. The molecule has 0 atom stereocenters. The molecule has 1 fully saturated rings. The number of carbonyl (C=O) groups excluding carboxylic acids is 1. The van der Waals surface area contributed by atoms with Crippen molar-refractivity contribution in [2.45, 2.75) is 25.9 Å². The Bertz CT molecular complexity index is 1210. The fraction of sp³-hybridized carbons (Fsp3) is 0.222. The minimum absolute atomic E-state index is 0.146. The van der Waals surface area contributed by atoms with Gasteiger partial charge in [0.2, 0.25) is 0 Å². The number of amides is 1. The molecule has 6 nitrogen and oxygen atoms in total. The number of hydrogen-bond acceptors (Lipinski definition) is 4. The first kappa shape index (κ1) is 21.1. The zero-order valence-corrected chi connectivity index (χ0v) is 18.5. The van der Waals surface area contributed by atoms with Gasteiger partial charge in [-0.1, -0.05) is 42.5 Å². The number of benzene rings is 2. The molecule has 0 aliphatic carbocycles. The predicted molar refractivity (Wildman–Crippen MR) is 129 cm³/mol. The van der Waals surface area contributed by atoms with Gasteiger partial charge < -0.3 is 5.32 Å². The highest BCUT2D eigenvalue weighted by molar-refractivity contribution is 5.99. The van der Waals surface area contributed by atoms with Crippen molar-refractivity contribution in [1.29, 1.82) is 0 Å². The first-order chi connectivity index (χ1) is 16.3. The van der Waals surface area contributed by atoms with E-state index in [9.17, 15) is 4.79 Å². The molecule has 1 saturated heterocycles. The average Bonchev–Trinajstić information content (AvgIpc) is 3.55. The fourth-order valence-corrected chi connectivity index (χ4v) is 4.31. The van der Waals surface area contributed by atoms with Gasteiger partial charge >= 0.3 is 0 Å². The molecule has 2 aromatic heterocycles. The van der Waals surface area contributed by atoms with Crippen LogP contribution in [0.4, 0.5) is 0 Å². The first-order valence-corrected chi connectivity index (χ1v) is 11.4. The average molecular weight is 438 g/mol. The number of carbonyl (C=O) groups is 1. The van der Waals surface area contributed by atoms with Gasteiger partial charge in [-0.25, -0.2) is 4.68 Å². The van der Waals surface area contributed by atoms with Gasteiger partial charge in [0, 0.05) is 37.2 Å². The SMILES string of the molecule is O=C(NCc1ccccc1CN1CCCC1)c1cn(-c2ccccc2)nc1-c1cccnc1. The molecule has 3 heterocycles. The Labute approximate surface area is 193 Å². The van der Waals surface area contributed by atoms with E-state index in [0.29, 0.717) is 17.8 Å². The van der Waals surface area contributed by atoms with Gasteiger partial charge in [0.05, 0.1) is 11.3 Å². The van der Waals surface area contributed by atoms with E-state index in [1.165, 1.54) is 18.4 Å². The van der Waals surface area contributed by atoms with Crippen LogP contribution in [0.2, 0.25) is 0 Å². The van der Waals surface area contributed by atoms with Gasteiger partial charge in [-0.15, -0.1) is 0 Å². The molecule has 33 heavy (non-hydrogen) atoms. The monoisotopic (exact) mass is 437 g/mol. The van der Waals surface area contributed by atoms with Gasteiger partial charge in [0.1, 0.15) is 5.69 Å². The van der Waals surface area contributed by atoms with E-state index in [-0.39, 0.29) is 5.91 Å². The van der Waals surface area contributed by atoms with E-state index in [1.54, 1.807) is 23.3 Å². The summed E-state index contributed by atoms with van der Waals surface area (Å²) in [4.78, 5) is 20.0. The Morgan fingerprint density at radius 1 is 0.909 bits per heavy atom. The van der Waals surface area contributed by atoms with Gasteiger partial charge in [-0.3, -0.25) is 14.7 Å². The number of rotatable bonds is 7. The smallest absolute Gasteiger partial charge is 0.255 e. The summed E-state index contributed by atoms with van der Waals surface area (Å²) in [5, 5.41) is 7.85. The topological polar surface area (TPSA) is 63.1 Å². The molecule has 1 aliphatic heterocycles. The number of hydrogen-bond donors (Lipinski definition) is 1. The molecular weight excluding hydrogens is 410 g/mol. The van der Waals surface area contributed by atoms with Crippen LogP contribution < -0.4 is 5.32 Å². The van der Waals surface area contributed by atoms with Gasteiger partial charge in [0.25, 0.3) is 5.91 Å². The minimum atomic E-state index is -0.146. The summed E-state index contributed by atoms with van der Waals surface area (Å²) in [5.74, 6) is -0.146. The van der Waals surface area contributed by atoms with Crippen molar-refractivity contribution in [1.82, 2.24) is 25.0 Å². The molecule has 0 unspecified atom stereocenters. The Hall–Kier alpha value is -3.77. The summed E-state index contributed by atoms with van der Waals surface area (Å²) in [7, 11) is 0. The molecule has 2 aromatic carbocycles. The summed E-state index contributed by atoms with van der Waals surface area (Å²) >= 11 is 0. The maximum absolute atomic E-state index is 13.3. The number of likely N-dealkylation sites (tertiary alicyclic amines) is 1. The molecule has 5 rings (SSSR count). The van der Waals surface area contributed by atoms with E-state index >= 15 is 0 Å². The lowest BCUT2D eigenvalue weighted by Gasteiger charge is -2.17. The molecule has 0 spiro atoms. The molecule has 6 heteroatoms. The highest BCUT2D eigenvalue weighted by atomic mass is 16.1. The van der Waals surface area contributed by atoms with E-state index < -0.39 is 0 Å². The van der Waals surface area contributed by atoms with Crippen LogP contribution in [0.15, 0.2) is 85.3 Å². The van der Waals surface area contributed by atoms with E-state index in [2.05, 4.69) is 33.4 Å². The number of pyridine rings is 1. The third kappa shape index (κ3) is 4.86. The normalized spacial score (nSPS) is 13.8. The summed E-state index contributed by atoms with van der Waals surface area (Å²) in [5.41, 5.74) is 5.28. The molecule has 0 bridgehead atoms. The zero-order chi connectivity index (χ0) is 22.5. The van der Waals surface area contributed by atoms with Crippen molar-refractivity contribution in [2.75, 3.05) is 13.1 Å². The van der Waals surface area contributed by atoms with Crippen molar-refractivity contribution in [3.8, 4) is 16.9 Å². The van der Waals surface area contributed by atoms with Crippen LogP contribution in [0.3, 0.4) is 0 Å². The molecule has 1 amide bonds. The second-order valence-electron chi connectivity index (χ2n) is 8.35. The van der Waals surface area contributed by atoms with E-state index in [0.717, 1.165) is 36.4 Å². The summed E-state index contributed by atoms with van der Waals surface area (Å²) in [6.45, 7) is 3.70. The molecule has 0 radical (unpaired) electrons. The predicted octanol–water partition coefficient (Wildman–Crippen LogP) is 4.46. The second-order valence-corrected chi connectivity index (χ2v) is 8.35. The molecule has 0 saturated carbocycles. The Morgan fingerprint density at radius 2 is 1.67 bits per heavy atom. The molecule has 4 aromatic rings. The number of aromatic nitrogens is 3. The van der Waals surface area contributed by atoms with Crippen LogP contribution in [-0.4, -0.2) is 38.7 Å². The standard InChI is InChI=1S/C27H27N5O/c33-27(29-18-21-9-4-5-10-23(21)19-31-15-6-7-16-31)25-20-32(24-12-2-1-3-13-24)30-26(25)22-11-8-14-28-17-22/h1-5,8-14,17,20H,6-7,15-16,18-19H2,(H,29,33). The molecule has 1 N–H and O–H groups in total. The summed E-state index contributed by atoms with van der Waals surface area (Å²) in [6, 6.07) is 21.9. The van der Waals surface area contributed by atoms with Crippen molar-refractivity contribution in [2.24, 2.45) is 0 Å². The maximum atomic E-state index is 13.3. The molecule has 166 valence electrons. The van der Waals surface area contributed by atoms with E-state index in [4.69, 9.17) is 5.10 Å². The Balaban J connectivity index is 1.39. The summed E-state index contributed by atoms with van der Waals surface area (Å²) in [6.07, 6.45) is 7.78. The van der Waals surface area contributed by atoms with Crippen molar-refractivity contribution in [3.05, 3.63) is 102 Å². The van der Waals surface area contributed by atoms with Crippen LogP contribution in [0.5, 0.6) is 0 Å². The molecular formula is C27H27N5O. The fourth-order valence-electron chi connectivity index (χ4n) is 4.31. The Kier molecular flexibility index (Phi) is 6.26.